The first-order valence-electron chi connectivity index (χ1n) is 10.0. The lowest BCUT2D eigenvalue weighted by atomic mass is 10.1. The molecule has 2 N–H and O–H groups in total. The van der Waals surface area contributed by atoms with Gasteiger partial charge in [-0.05, 0) is 23.3 Å². The van der Waals surface area contributed by atoms with E-state index < -0.39 is 11.2 Å². The van der Waals surface area contributed by atoms with Gasteiger partial charge in [-0.1, -0.05) is 84.6 Å². The number of carbonyl (C=O) groups excluding carboxylic acids is 1. The van der Waals surface area contributed by atoms with Gasteiger partial charge in [0.15, 0.2) is 5.16 Å². The topological polar surface area (TPSA) is 95.3 Å². The summed E-state index contributed by atoms with van der Waals surface area (Å²) < 4.78 is 3.43. The second-order valence-electron chi connectivity index (χ2n) is 7.32. The van der Waals surface area contributed by atoms with E-state index in [1.54, 1.807) is 10.6 Å². The standard InChI is InChI=1S/C24H19N5O2S/c25-21(30)20(17-11-5-2-6-12-17)32-24-27-26-23-28(15-16-9-3-1-4-10-16)22(31)18-13-7-8-14-19(18)29(23)24/h1-14,20H,15H2,(H2,25,30). The number of fused-ring (bicyclic) bond motifs is 3. The van der Waals surface area contributed by atoms with E-state index in [-0.39, 0.29) is 5.56 Å². The lowest BCUT2D eigenvalue weighted by Gasteiger charge is -2.14. The average Bonchev–Trinajstić information content (AvgIpc) is 3.25. The molecule has 0 fully saturated rings. The average molecular weight is 442 g/mol. The summed E-state index contributed by atoms with van der Waals surface area (Å²) in [5.74, 6) is -0.0591. The number of rotatable bonds is 6. The molecule has 32 heavy (non-hydrogen) atoms. The van der Waals surface area contributed by atoms with Gasteiger partial charge in [-0.15, -0.1) is 10.2 Å². The Morgan fingerprint density at radius 2 is 1.56 bits per heavy atom. The Morgan fingerprint density at radius 3 is 2.28 bits per heavy atom. The molecule has 5 aromatic rings. The monoisotopic (exact) mass is 441 g/mol. The Balaban J connectivity index is 1.70. The molecule has 1 atom stereocenters. The molecule has 1 amide bonds. The molecule has 0 saturated heterocycles. The van der Waals surface area contributed by atoms with Gasteiger partial charge in [0.25, 0.3) is 5.56 Å². The number of primary amides is 1. The number of aromatic nitrogens is 4. The number of carbonyl (C=O) groups is 1. The fourth-order valence-corrected chi connectivity index (χ4v) is 4.74. The Kier molecular flexibility index (Phi) is 5.20. The van der Waals surface area contributed by atoms with Gasteiger partial charge in [0.1, 0.15) is 5.25 Å². The van der Waals surface area contributed by atoms with Crippen LogP contribution in [0.4, 0.5) is 0 Å². The number of nitrogens with zero attached hydrogens (tertiary/aromatic N) is 4. The highest BCUT2D eigenvalue weighted by Gasteiger charge is 2.24. The minimum atomic E-state index is -0.642. The summed E-state index contributed by atoms with van der Waals surface area (Å²) in [6.07, 6.45) is 0. The molecule has 7 nitrogen and oxygen atoms in total. The molecule has 0 aliphatic carbocycles. The minimum absolute atomic E-state index is 0.143. The van der Waals surface area contributed by atoms with E-state index in [0.717, 1.165) is 11.1 Å². The number of benzene rings is 3. The number of para-hydroxylation sites is 1. The van der Waals surface area contributed by atoms with E-state index >= 15 is 0 Å². The Bertz CT molecular complexity index is 1480. The fourth-order valence-electron chi connectivity index (χ4n) is 3.74. The van der Waals surface area contributed by atoms with Crippen LogP contribution in [-0.2, 0) is 11.3 Å². The molecule has 0 saturated carbocycles. The third-order valence-corrected chi connectivity index (χ3v) is 6.46. The van der Waals surface area contributed by atoms with Crippen molar-refractivity contribution in [1.82, 2.24) is 19.2 Å². The van der Waals surface area contributed by atoms with Crippen LogP contribution in [-0.4, -0.2) is 25.1 Å². The maximum Gasteiger partial charge on any atom is 0.263 e. The van der Waals surface area contributed by atoms with Crippen LogP contribution in [0.1, 0.15) is 16.4 Å². The molecular weight excluding hydrogens is 422 g/mol. The van der Waals surface area contributed by atoms with Gasteiger partial charge in [0.2, 0.25) is 11.7 Å². The van der Waals surface area contributed by atoms with E-state index in [1.165, 1.54) is 11.8 Å². The minimum Gasteiger partial charge on any atom is -0.368 e. The highest BCUT2D eigenvalue weighted by atomic mass is 32.2. The van der Waals surface area contributed by atoms with E-state index in [1.807, 2.05) is 83.3 Å². The molecule has 2 aromatic heterocycles. The van der Waals surface area contributed by atoms with Gasteiger partial charge in [0.05, 0.1) is 17.4 Å². The molecule has 158 valence electrons. The highest BCUT2D eigenvalue weighted by Crippen LogP contribution is 2.35. The van der Waals surface area contributed by atoms with Crippen molar-refractivity contribution in [3.05, 3.63) is 106 Å². The summed E-state index contributed by atoms with van der Waals surface area (Å²) in [6.45, 7) is 0.356. The Hall–Kier alpha value is -3.91. The number of nitrogens with two attached hydrogens (primary N) is 1. The van der Waals surface area contributed by atoms with E-state index in [4.69, 9.17) is 5.73 Å². The summed E-state index contributed by atoms with van der Waals surface area (Å²) in [4.78, 5) is 25.6. The number of amides is 1. The van der Waals surface area contributed by atoms with Crippen LogP contribution in [0, 0.1) is 0 Å². The third kappa shape index (κ3) is 3.54. The molecule has 0 spiro atoms. The van der Waals surface area contributed by atoms with Crippen molar-refractivity contribution >= 4 is 34.3 Å². The van der Waals surface area contributed by atoms with Crippen LogP contribution < -0.4 is 11.3 Å². The predicted molar refractivity (Wildman–Crippen MR) is 125 cm³/mol. The van der Waals surface area contributed by atoms with Crippen molar-refractivity contribution in [2.45, 2.75) is 17.0 Å². The van der Waals surface area contributed by atoms with Gasteiger partial charge in [-0.3, -0.25) is 18.6 Å². The molecule has 8 heteroatoms. The maximum atomic E-state index is 13.3. The van der Waals surface area contributed by atoms with Gasteiger partial charge in [0, 0.05) is 0 Å². The maximum absolute atomic E-state index is 13.3. The van der Waals surface area contributed by atoms with Crippen LogP contribution in [0.5, 0.6) is 0 Å². The van der Waals surface area contributed by atoms with Gasteiger partial charge < -0.3 is 5.73 Å². The van der Waals surface area contributed by atoms with E-state index in [2.05, 4.69) is 10.2 Å². The first-order chi connectivity index (χ1) is 15.6. The molecule has 2 heterocycles. The first-order valence-corrected chi connectivity index (χ1v) is 10.9. The van der Waals surface area contributed by atoms with Crippen LogP contribution in [0.25, 0.3) is 16.7 Å². The second kappa shape index (κ2) is 8.32. The smallest absolute Gasteiger partial charge is 0.263 e. The molecule has 0 aliphatic rings. The van der Waals surface area contributed by atoms with Gasteiger partial charge >= 0.3 is 0 Å². The lowest BCUT2D eigenvalue weighted by molar-refractivity contribution is -0.117. The summed E-state index contributed by atoms with van der Waals surface area (Å²) >= 11 is 1.22. The quantitative estimate of drug-likeness (QED) is 0.408. The normalized spacial score (nSPS) is 12.2. The second-order valence-corrected chi connectivity index (χ2v) is 8.40. The van der Waals surface area contributed by atoms with Crippen LogP contribution in [0.3, 0.4) is 0 Å². The summed E-state index contributed by atoms with van der Waals surface area (Å²) in [5, 5.41) is 9.08. The van der Waals surface area contributed by atoms with Gasteiger partial charge in [-0.25, -0.2) is 0 Å². The number of thioether (sulfide) groups is 1. The first kappa shape index (κ1) is 20.0. The summed E-state index contributed by atoms with van der Waals surface area (Å²) in [7, 11) is 0. The van der Waals surface area contributed by atoms with Crippen molar-refractivity contribution in [2.24, 2.45) is 5.73 Å². The SMILES string of the molecule is NC(=O)C(Sc1nnc2n(Cc3ccccc3)c(=O)c3ccccc3n12)c1ccccc1. The van der Waals surface area contributed by atoms with Crippen molar-refractivity contribution in [1.29, 1.82) is 0 Å². The van der Waals surface area contributed by atoms with Crippen LogP contribution in [0.15, 0.2) is 94.9 Å². The Morgan fingerprint density at radius 1 is 0.906 bits per heavy atom. The summed E-state index contributed by atoms with van der Waals surface area (Å²) in [6, 6.07) is 26.4. The molecule has 5 rings (SSSR count). The van der Waals surface area contributed by atoms with Crippen LogP contribution >= 0.6 is 11.8 Å². The molecule has 0 bridgehead atoms. The molecule has 0 radical (unpaired) electrons. The van der Waals surface area contributed by atoms with Gasteiger partial charge in [-0.2, -0.15) is 0 Å². The number of hydrogen-bond donors (Lipinski definition) is 1. The molecule has 0 aliphatic heterocycles. The third-order valence-electron chi connectivity index (χ3n) is 5.25. The zero-order chi connectivity index (χ0) is 22.1. The molecular formula is C24H19N5O2S. The zero-order valence-corrected chi connectivity index (χ0v) is 17.8. The van der Waals surface area contributed by atoms with Crippen molar-refractivity contribution in [3.8, 4) is 0 Å². The highest BCUT2D eigenvalue weighted by molar-refractivity contribution is 8.00. The molecule has 1 unspecified atom stereocenters. The van der Waals surface area contributed by atoms with E-state index in [0.29, 0.717) is 28.4 Å². The van der Waals surface area contributed by atoms with Crippen molar-refractivity contribution in [2.75, 3.05) is 0 Å². The van der Waals surface area contributed by atoms with Crippen LogP contribution in [0.2, 0.25) is 0 Å². The molecule has 3 aromatic carbocycles. The fraction of sp³-hybridized carbons (Fsp3) is 0.0833. The lowest BCUT2D eigenvalue weighted by Crippen LogP contribution is -2.24. The Labute approximate surface area is 187 Å². The summed E-state index contributed by atoms with van der Waals surface area (Å²) in [5.41, 5.74) is 8.02. The zero-order valence-electron chi connectivity index (χ0n) is 17.0. The van der Waals surface area contributed by atoms with Crippen molar-refractivity contribution in [3.63, 3.8) is 0 Å². The predicted octanol–water partition coefficient (Wildman–Crippen LogP) is 3.41. The van der Waals surface area contributed by atoms with E-state index in [9.17, 15) is 9.59 Å². The number of hydrogen-bond acceptors (Lipinski definition) is 5. The van der Waals surface area contributed by atoms with Crippen molar-refractivity contribution < 1.29 is 4.79 Å². The largest absolute Gasteiger partial charge is 0.368 e.